The van der Waals surface area contributed by atoms with Crippen LogP contribution in [0.2, 0.25) is 0 Å². The minimum absolute atomic E-state index is 0.253. The number of hydrogen-bond acceptors (Lipinski definition) is 3. The van der Waals surface area contributed by atoms with Gasteiger partial charge in [0, 0.05) is 12.7 Å². The molecular formula is C17H28N4. The average molecular weight is 288 g/mol. The number of hydrogen-bond donors (Lipinski definition) is 2. The normalized spacial score (nSPS) is 38.9. The molecule has 1 aromatic rings. The molecule has 1 heterocycles. The summed E-state index contributed by atoms with van der Waals surface area (Å²) in [6.45, 7) is 3.07. The maximum Gasteiger partial charge on any atom is 0.0634 e. The smallest absolute Gasteiger partial charge is 0.0634 e. The Balaban J connectivity index is 1.56. The first kappa shape index (κ1) is 13.8. The van der Waals surface area contributed by atoms with Crippen LogP contribution < -0.4 is 11.3 Å². The molecule has 21 heavy (non-hydrogen) atoms. The van der Waals surface area contributed by atoms with Crippen LogP contribution in [-0.4, -0.2) is 9.78 Å². The van der Waals surface area contributed by atoms with Gasteiger partial charge in [0.2, 0.25) is 0 Å². The SMILES string of the molecule is CCn1nccc1C(CC12CC3CC(CC(C3)C1)C2)NN. The number of hydrazine groups is 1. The Kier molecular flexibility index (Phi) is 3.34. The summed E-state index contributed by atoms with van der Waals surface area (Å²) in [5.41, 5.74) is 4.90. The van der Waals surface area contributed by atoms with Crippen LogP contribution in [0.15, 0.2) is 12.3 Å². The lowest BCUT2D eigenvalue weighted by molar-refractivity contribution is -0.0626. The van der Waals surface area contributed by atoms with Gasteiger partial charge in [0.25, 0.3) is 0 Å². The molecule has 4 bridgehead atoms. The lowest BCUT2D eigenvalue weighted by atomic mass is 9.48. The van der Waals surface area contributed by atoms with Gasteiger partial charge in [-0.2, -0.15) is 5.10 Å². The first-order valence-corrected chi connectivity index (χ1v) is 8.69. The van der Waals surface area contributed by atoms with Crippen molar-refractivity contribution in [1.82, 2.24) is 15.2 Å². The van der Waals surface area contributed by atoms with Gasteiger partial charge in [0.1, 0.15) is 0 Å². The molecular weight excluding hydrogens is 260 g/mol. The van der Waals surface area contributed by atoms with Gasteiger partial charge >= 0.3 is 0 Å². The van der Waals surface area contributed by atoms with Crippen molar-refractivity contribution in [2.45, 2.75) is 64.5 Å². The van der Waals surface area contributed by atoms with E-state index in [0.29, 0.717) is 5.41 Å². The topological polar surface area (TPSA) is 55.9 Å². The molecule has 4 aliphatic carbocycles. The molecule has 0 aromatic carbocycles. The van der Waals surface area contributed by atoms with Crippen LogP contribution in [0, 0.1) is 23.2 Å². The number of rotatable bonds is 5. The van der Waals surface area contributed by atoms with Crippen LogP contribution in [0.5, 0.6) is 0 Å². The van der Waals surface area contributed by atoms with Gasteiger partial charge in [-0.3, -0.25) is 16.0 Å². The number of nitrogens with zero attached hydrogens (tertiary/aromatic N) is 2. The van der Waals surface area contributed by atoms with Crippen molar-refractivity contribution in [3.63, 3.8) is 0 Å². The highest BCUT2D eigenvalue weighted by molar-refractivity contribution is 5.10. The van der Waals surface area contributed by atoms with Gasteiger partial charge in [-0.05, 0) is 81.1 Å². The predicted octanol–water partition coefficient (Wildman–Crippen LogP) is 3.01. The number of aromatic nitrogens is 2. The van der Waals surface area contributed by atoms with Crippen LogP contribution in [0.1, 0.15) is 63.6 Å². The quantitative estimate of drug-likeness (QED) is 0.647. The average Bonchev–Trinajstić information content (AvgIpc) is 2.91. The van der Waals surface area contributed by atoms with E-state index in [0.717, 1.165) is 24.3 Å². The predicted molar refractivity (Wildman–Crippen MR) is 83.2 cm³/mol. The van der Waals surface area contributed by atoms with E-state index in [-0.39, 0.29) is 6.04 Å². The van der Waals surface area contributed by atoms with Crippen molar-refractivity contribution >= 4 is 0 Å². The van der Waals surface area contributed by atoms with Gasteiger partial charge in [0.15, 0.2) is 0 Å². The van der Waals surface area contributed by atoms with Gasteiger partial charge in [-0.15, -0.1) is 0 Å². The maximum atomic E-state index is 5.93. The Bertz CT molecular complexity index is 471. The highest BCUT2D eigenvalue weighted by atomic mass is 15.3. The van der Waals surface area contributed by atoms with E-state index in [1.807, 2.05) is 6.20 Å². The number of aryl methyl sites for hydroxylation is 1. The fraction of sp³-hybridized carbons (Fsp3) is 0.824. The fourth-order valence-electron chi connectivity index (χ4n) is 6.13. The minimum Gasteiger partial charge on any atom is -0.271 e. The highest BCUT2D eigenvalue weighted by Crippen LogP contribution is 2.62. The van der Waals surface area contributed by atoms with E-state index in [9.17, 15) is 0 Å². The van der Waals surface area contributed by atoms with Gasteiger partial charge in [-0.1, -0.05) is 0 Å². The van der Waals surface area contributed by atoms with E-state index in [2.05, 4.69) is 28.2 Å². The summed E-state index contributed by atoms with van der Waals surface area (Å²) in [6, 6.07) is 2.39. The standard InChI is InChI=1S/C17H28N4/c1-2-21-16(3-4-19-21)15(20-18)11-17-8-12-5-13(9-17)7-14(6-12)10-17/h3-4,12-15,20H,2,5-11,18H2,1H3. The van der Waals surface area contributed by atoms with E-state index < -0.39 is 0 Å². The molecule has 1 unspecified atom stereocenters. The molecule has 4 fully saturated rings. The lowest BCUT2D eigenvalue weighted by Gasteiger charge is -2.57. The van der Waals surface area contributed by atoms with Crippen molar-refractivity contribution in [2.24, 2.45) is 29.0 Å². The van der Waals surface area contributed by atoms with Crippen molar-refractivity contribution in [3.8, 4) is 0 Å². The Hall–Kier alpha value is -0.870. The summed E-state index contributed by atoms with van der Waals surface area (Å²) < 4.78 is 2.09. The van der Waals surface area contributed by atoms with Crippen LogP contribution in [0.4, 0.5) is 0 Å². The monoisotopic (exact) mass is 288 g/mol. The number of nitrogens with one attached hydrogen (secondary N) is 1. The first-order chi connectivity index (χ1) is 10.2. The summed E-state index contributed by atoms with van der Waals surface area (Å²) >= 11 is 0. The zero-order chi connectivity index (χ0) is 14.4. The number of nitrogens with two attached hydrogens (primary N) is 1. The summed E-state index contributed by atoms with van der Waals surface area (Å²) in [4.78, 5) is 0. The molecule has 4 heteroatoms. The Morgan fingerprint density at radius 3 is 2.43 bits per heavy atom. The van der Waals surface area contributed by atoms with Crippen LogP contribution in [0.25, 0.3) is 0 Å². The van der Waals surface area contributed by atoms with Crippen LogP contribution in [-0.2, 0) is 6.54 Å². The summed E-state index contributed by atoms with van der Waals surface area (Å²) in [5.74, 6) is 8.94. The molecule has 3 N–H and O–H groups in total. The molecule has 1 aromatic heterocycles. The molecule has 0 radical (unpaired) electrons. The second kappa shape index (κ2) is 5.10. The summed E-state index contributed by atoms with van der Waals surface area (Å²) in [7, 11) is 0. The molecule has 1 atom stereocenters. The third-order valence-electron chi connectivity index (χ3n) is 6.41. The highest BCUT2D eigenvalue weighted by Gasteiger charge is 2.51. The summed E-state index contributed by atoms with van der Waals surface area (Å²) in [5, 5.41) is 4.42. The fourth-order valence-corrected chi connectivity index (χ4v) is 6.13. The molecule has 0 saturated heterocycles. The zero-order valence-corrected chi connectivity index (χ0v) is 13.1. The van der Waals surface area contributed by atoms with E-state index >= 15 is 0 Å². The zero-order valence-electron chi connectivity index (χ0n) is 13.1. The third-order valence-corrected chi connectivity index (χ3v) is 6.41. The first-order valence-electron chi connectivity index (χ1n) is 8.69. The molecule has 4 nitrogen and oxygen atoms in total. The Labute approximate surface area is 127 Å². The molecule has 4 saturated carbocycles. The Morgan fingerprint density at radius 1 is 1.29 bits per heavy atom. The molecule has 116 valence electrons. The second-order valence-corrected chi connectivity index (χ2v) is 7.91. The minimum atomic E-state index is 0.253. The summed E-state index contributed by atoms with van der Waals surface area (Å²) in [6.07, 6.45) is 11.9. The molecule has 4 aliphatic rings. The Morgan fingerprint density at radius 2 is 1.90 bits per heavy atom. The third kappa shape index (κ3) is 2.33. The van der Waals surface area contributed by atoms with Gasteiger partial charge in [-0.25, -0.2) is 0 Å². The molecule has 0 spiro atoms. The molecule has 5 rings (SSSR count). The van der Waals surface area contributed by atoms with E-state index in [1.165, 1.54) is 50.6 Å². The van der Waals surface area contributed by atoms with Crippen molar-refractivity contribution < 1.29 is 0 Å². The largest absolute Gasteiger partial charge is 0.271 e. The molecule has 0 amide bonds. The van der Waals surface area contributed by atoms with Crippen molar-refractivity contribution in [1.29, 1.82) is 0 Å². The maximum absolute atomic E-state index is 5.93. The van der Waals surface area contributed by atoms with Gasteiger partial charge < -0.3 is 0 Å². The van der Waals surface area contributed by atoms with E-state index in [1.54, 1.807) is 0 Å². The van der Waals surface area contributed by atoms with Crippen molar-refractivity contribution in [3.05, 3.63) is 18.0 Å². The van der Waals surface area contributed by atoms with Crippen molar-refractivity contribution in [2.75, 3.05) is 0 Å². The lowest BCUT2D eigenvalue weighted by Crippen LogP contribution is -2.48. The second-order valence-electron chi connectivity index (χ2n) is 7.91. The van der Waals surface area contributed by atoms with Crippen LogP contribution >= 0.6 is 0 Å². The van der Waals surface area contributed by atoms with E-state index in [4.69, 9.17) is 5.84 Å². The molecule has 0 aliphatic heterocycles. The van der Waals surface area contributed by atoms with Gasteiger partial charge in [0.05, 0.1) is 11.7 Å². The van der Waals surface area contributed by atoms with Crippen LogP contribution in [0.3, 0.4) is 0 Å².